The molecule has 7 heteroatoms. The maximum absolute atomic E-state index is 12.4. The summed E-state index contributed by atoms with van der Waals surface area (Å²) in [5.41, 5.74) is 0.533. The number of halogens is 1. The van der Waals surface area contributed by atoms with Crippen LogP contribution in [0.3, 0.4) is 0 Å². The van der Waals surface area contributed by atoms with Gasteiger partial charge >= 0.3 is 0 Å². The lowest BCUT2D eigenvalue weighted by atomic mass is 10.0. The van der Waals surface area contributed by atoms with Gasteiger partial charge in [-0.15, -0.1) is 10.2 Å². The summed E-state index contributed by atoms with van der Waals surface area (Å²) in [6.07, 6.45) is 5.54. The van der Waals surface area contributed by atoms with Crippen molar-refractivity contribution in [3.05, 3.63) is 47.0 Å². The molecule has 148 valence electrons. The molecule has 0 bridgehead atoms. The van der Waals surface area contributed by atoms with Gasteiger partial charge in [-0.05, 0) is 56.4 Å². The molecule has 0 atom stereocenters. The SMILES string of the molecule is O=C(NC1CCN(c2ccc(N3CCCCC3)nn2)CC1)c1ccccc1Cl. The quantitative estimate of drug-likeness (QED) is 0.852. The third-order valence-corrected chi connectivity index (χ3v) is 5.92. The maximum atomic E-state index is 12.4. The first kappa shape index (κ1) is 19.0. The molecule has 0 aliphatic carbocycles. The zero-order valence-electron chi connectivity index (χ0n) is 16.0. The number of piperidine rings is 2. The molecule has 4 rings (SSSR count). The number of carbonyl (C=O) groups excluding carboxylic acids is 1. The number of hydrogen-bond donors (Lipinski definition) is 1. The summed E-state index contributed by atoms with van der Waals surface area (Å²) in [5.74, 6) is 1.79. The highest BCUT2D eigenvalue weighted by Gasteiger charge is 2.23. The van der Waals surface area contributed by atoms with Crippen molar-refractivity contribution in [2.75, 3.05) is 36.0 Å². The molecule has 0 saturated carbocycles. The molecular formula is C21H26ClN5O. The van der Waals surface area contributed by atoms with Crippen LogP contribution in [0.1, 0.15) is 42.5 Å². The molecule has 1 N–H and O–H groups in total. The van der Waals surface area contributed by atoms with Gasteiger partial charge in [0.1, 0.15) is 0 Å². The molecule has 2 saturated heterocycles. The van der Waals surface area contributed by atoms with E-state index in [0.29, 0.717) is 10.6 Å². The van der Waals surface area contributed by atoms with Crippen molar-refractivity contribution in [3.8, 4) is 0 Å². The number of aromatic nitrogens is 2. The van der Waals surface area contributed by atoms with Crippen molar-refractivity contribution < 1.29 is 4.79 Å². The minimum atomic E-state index is -0.102. The van der Waals surface area contributed by atoms with Crippen LogP contribution >= 0.6 is 11.6 Å². The lowest BCUT2D eigenvalue weighted by Crippen LogP contribution is -2.45. The summed E-state index contributed by atoms with van der Waals surface area (Å²) in [6.45, 7) is 3.85. The molecular weight excluding hydrogens is 374 g/mol. The van der Waals surface area contributed by atoms with Crippen LogP contribution in [0, 0.1) is 0 Å². The Labute approximate surface area is 170 Å². The topological polar surface area (TPSA) is 61.4 Å². The fraction of sp³-hybridized carbons (Fsp3) is 0.476. The molecule has 2 aliphatic rings. The second-order valence-electron chi connectivity index (χ2n) is 7.51. The van der Waals surface area contributed by atoms with Gasteiger partial charge in [0.05, 0.1) is 10.6 Å². The summed E-state index contributed by atoms with van der Waals surface area (Å²) < 4.78 is 0. The van der Waals surface area contributed by atoms with Gasteiger partial charge in [0, 0.05) is 32.2 Å². The van der Waals surface area contributed by atoms with E-state index in [4.69, 9.17) is 11.6 Å². The molecule has 1 amide bonds. The zero-order valence-corrected chi connectivity index (χ0v) is 16.7. The van der Waals surface area contributed by atoms with Crippen molar-refractivity contribution >= 4 is 29.1 Å². The van der Waals surface area contributed by atoms with Gasteiger partial charge in [-0.1, -0.05) is 23.7 Å². The predicted molar refractivity (Wildman–Crippen MR) is 112 cm³/mol. The minimum absolute atomic E-state index is 0.102. The Kier molecular flexibility index (Phi) is 5.95. The Morgan fingerprint density at radius 1 is 0.893 bits per heavy atom. The average Bonchev–Trinajstić information content (AvgIpc) is 2.75. The normalized spacial score (nSPS) is 18.2. The van der Waals surface area contributed by atoms with E-state index in [1.165, 1.54) is 19.3 Å². The zero-order chi connectivity index (χ0) is 19.3. The van der Waals surface area contributed by atoms with E-state index < -0.39 is 0 Å². The van der Waals surface area contributed by atoms with Crippen molar-refractivity contribution in [3.63, 3.8) is 0 Å². The van der Waals surface area contributed by atoms with Crippen molar-refractivity contribution in [2.24, 2.45) is 0 Å². The van der Waals surface area contributed by atoms with Crippen LogP contribution in [0.25, 0.3) is 0 Å². The number of rotatable bonds is 4. The van der Waals surface area contributed by atoms with Crippen LogP contribution < -0.4 is 15.1 Å². The summed E-state index contributed by atoms with van der Waals surface area (Å²) in [5, 5.41) is 12.5. The average molecular weight is 400 g/mol. The van der Waals surface area contributed by atoms with E-state index in [2.05, 4.69) is 37.4 Å². The highest BCUT2D eigenvalue weighted by Crippen LogP contribution is 2.22. The number of benzene rings is 1. The van der Waals surface area contributed by atoms with E-state index in [1.807, 2.05) is 12.1 Å². The molecule has 2 aliphatic heterocycles. The fourth-order valence-electron chi connectivity index (χ4n) is 3.94. The molecule has 1 aromatic carbocycles. The number of nitrogens with one attached hydrogen (secondary N) is 1. The second kappa shape index (κ2) is 8.78. The van der Waals surface area contributed by atoms with Gasteiger partial charge in [0.25, 0.3) is 5.91 Å². The van der Waals surface area contributed by atoms with Gasteiger partial charge in [-0.2, -0.15) is 0 Å². The molecule has 6 nitrogen and oxygen atoms in total. The first-order chi connectivity index (χ1) is 13.7. The molecule has 0 spiro atoms. The largest absolute Gasteiger partial charge is 0.355 e. The number of anilines is 2. The highest BCUT2D eigenvalue weighted by atomic mass is 35.5. The molecule has 1 aromatic heterocycles. The molecule has 0 unspecified atom stereocenters. The Balaban J connectivity index is 1.30. The Morgan fingerprint density at radius 3 is 2.11 bits per heavy atom. The number of nitrogens with zero attached hydrogens (tertiary/aromatic N) is 4. The fourth-order valence-corrected chi connectivity index (χ4v) is 4.16. The van der Waals surface area contributed by atoms with Crippen LogP contribution in [0.5, 0.6) is 0 Å². The number of carbonyl (C=O) groups is 1. The third-order valence-electron chi connectivity index (χ3n) is 5.59. The molecule has 3 heterocycles. The molecule has 2 aromatic rings. The second-order valence-corrected chi connectivity index (χ2v) is 7.92. The lowest BCUT2D eigenvalue weighted by Gasteiger charge is -2.33. The van der Waals surface area contributed by atoms with Crippen LogP contribution in [0.4, 0.5) is 11.6 Å². The highest BCUT2D eigenvalue weighted by molar-refractivity contribution is 6.33. The summed E-state index contributed by atoms with van der Waals surface area (Å²) in [6, 6.07) is 11.5. The summed E-state index contributed by atoms with van der Waals surface area (Å²) in [7, 11) is 0. The van der Waals surface area contributed by atoms with Crippen molar-refractivity contribution in [1.82, 2.24) is 15.5 Å². The summed E-state index contributed by atoms with van der Waals surface area (Å²) in [4.78, 5) is 17.0. The molecule has 0 radical (unpaired) electrons. The van der Waals surface area contributed by atoms with Crippen molar-refractivity contribution in [1.29, 1.82) is 0 Å². The Hall–Kier alpha value is -2.34. The van der Waals surface area contributed by atoms with E-state index in [-0.39, 0.29) is 11.9 Å². The minimum Gasteiger partial charge on any atom is -0.355 e. The predicted octanol–water partition coefficient (Wildman–Crippen LogP) is 3.52. The first-order valence-electron chi connectivity index (χ1n) is 10.1. The lowest BCUT2D eigenvalue weighted by molar-refractivity contribution is 0.0931. The smallest absolute Gasteiger partial charge is 0.253 e. The van der Waals surface area contributed by atoms with Crippen LogP contribution in [-0.4, -0.2) is 48.3 Å². The van der Waals surface area contributed by atoms with Crippen LogP contribution in [0.2, 0.25) is 5.02 Å². The molecule has 2 fully saturated rings. The van der Waals surface area contributed by atoms with E-state index in [0.717, 1.165) is 50.7 Å². The van der Waals surface area contributed by atoms with E-state index >= 15 is 0 Å². The Morgan fingerprint density at radius 2 is 1.50 bits per heavy atom. The van der Waals surface area contributed by atoms with E-state index in [1.54, 1.807) is 12.1 Å². The van der Waals surface area contributed by atoms with Gasteiger partial charge < -0.3 is 15.1 Å². The maximum Gasteiger partial charge on any atom is 0.253 e. The van der Waals surface area contributed by atoms with Gasteiger partial charge in [0.15, 0.2) is 11.6 Å². The molecule has 28 heavy (non-hydrogen) atoms. The third kappa shape index (κ3) is 4.38. The summed E-state index contributed by atoms with van der Waals surface area (Å²) >= 11 is 6.12. The van der Waals surface area contributed by atoms with Crippen LogP contribution in [-0.2, 0) is 0 Å². The standard InChI is InChI=1S/C21H26ClN5O/c22-18-7-3-2-6-17(18)21(28)23-16-10-14-27(15-11-16)20-9-8-19(24-25-20)26-12-4-1-5-13-26/h2-3,6-9,16H,1,4-5,10-15H2,(H,23,28). The van der Waals surface area contributed by atoms with Crippen LogP contribution in [0.15, 0.2) is 36.4 Å². The number of amides is 1. The van der Waals surface area contributed by atoms with Gasteiger partial charge in [0.2, 0.25) is 0 Å². The monoisotopic (exact) mass is 399 g/mol. The van der Waals surface area contributed by atoms with E-state index in [9.17, 15) is 4.79 Å². The van der Waals surface area contributed by atoms with Gasteiger partial charge in [-0.25, -0.2) is 0 Å². The first-order valence-corrected chi connectivity index (χ1v) is 10.5. The Bertz CT molecular complexity index is 799. The number of hydrogen-bond acceptors (Lipinski definition) is 5. The van der Waals surface area contributed by atoms with Crippen molar-refractivity contribution in [2.45, 2.75) is 38.1 Å². The van der Waals surface area contributed by atoms with Gasteiger partial charge in [-0.3, -0.25) is 4.79 Å².